The molecule has 2 aromatic rings. The molecule has 3 N–H and O–H groups in total. The second-order valence-electron chi connectivity index (χ2n) is 4.08. The molecule has 0 unspecified atom stereocenters. The van der Waals surface area contributed by atoms with Crippen molar-refractivity contribution in [3.63, 3.8) is 0 Å². The molecule has 0 aromatic carbocycles. The molecule has 2 aromatic heterocycles. The van der Waals surface area contributed by atoms with Gasteiger partial charge in [0.25, 0.3) is 5.56 Å². The highest BCUT2D eigenvalue weighted by Crippen LogP contribution is 2.13. The summed E-state index contributed by atoms with van der Waals surface area (Å²) >= 11 is 0. The van der Waals surface area contributed by atoms with E-state index in [9.17, 15) is 22.8 Å². The van der Waals surface area contributed by atoms with Gasteiger partial charge < -0.3 is 15.2 Å². The fraction of sp³-hybridized carbons (Fsp3) is 0.250. The van der Waals surface area contributed by atoms with Crippen LogP contribution in [0.25, 0.3) is 11.0 Å². The number of aromatic amines is 1. The van der Waals surface area contributed by atoms with Gasteiger partial charge in [0.15, 0.2) is 5.65 Å². The minimum Gasteiger partial charge on any atom is -0.481 e. The van der Waals surface area contributed by atoms with Crippen molar-refractivity contribution in [1.29, 1.82) is 0 Å². The van der Waals surface area contributed by atoms with Crippen LogP contribution in [0, 0.1) is 0 Å². The van der Waals surface area contributed by atoms with E-state index in [1.807, 2.05) is 0 Å². The Morgan fingerprint density at radius 1 is 1.26 bits per heavy atom. The Morgan fingerprint density at radius 2 is 1.87 bits per heavy atom. The Bertz CT molecular complexity index is 772. The lowest BCUT2D eigenvalue weighted by Gasteiger charge is -1.99. The van der Waals surface area contributed by atoms with Gasteiger partial charge in [-0.2, -0.15) is 13.2 Å². The molecule has 0 aliphatic heterocycles. The third-order valence-corrected chi connectivity index (χ3v) is 2.35. The van der Waals surface area contributed by atoms with E-state index in [1.165, 1.54) is 6.20 Å². The lowest BCUT2D eigenvalue weighted by atomic mass is 10.3. The van der Waals surface area contributed by atoms with Crippen molar-refractivity contribution in [2.75, 3.05) is 0 Å². The summed E-state index contributed by atoms with van der Waals surface area (Å²) in [4.78, 5) is 41.4. The number of carboxylic acid groups (broad SMARTS) is 2. The molecular weight excluding hydrogens is 323 g/mol. The maximum Gasteiger partial charge on any atom is 0.490 e. The number of nitrogens with one attached hydrogen (secondary N) is 1. The molecule has 0 saturated carbocycles. The van der Waals surface area contributed by atoms with Crippen LogP contribution >= 0.6 is 0 Å². The zero-order valence-corrected chi connectivity index (χ0v) is 11.3. The monoisotopic (exact) mass is 333 g/mol. The molecule has 0 radical (unpaired) electrons. The first kappa shape index (κ1) is 18.1. The van der Waals surface area contributed by atoms with Crippen LogP contribution in [0.3, 0.4) is 0 Å². The zero-order valence-electron chi connectivity index (χ0n) is 11.3. The number of nitrogens with zero attached hydrogens (tertiary/aromatic N) is 2. The van der Waals surface area contributed by atoms with Gasteiger partial charge in [-0.05, 0) is 12.1 Å². The smallest absolute Gasteiger partial charge is 0.481 e. The molecule has 2 heterocycles. The molecule has 0 fully saturated rings. The number of aromatic nitrogens is 3. The van der Waals surface area contributed by atoms with E-state index in [4.69, 9.17) is 15.0 Å². The van der Waals surface area contributed by atoms with Crippen LogP contribution in [0.2, 0.25) is 0 Å². The van der Waals surface area contributed by atoms with E-state index in [1.54, 1.807) is 12.1 Å². The van der Waals surface area contributed by atoms with Crippen molar-refractivity contribution in [2.24, 2.45) is 0 Å². The number of carboxylic acids is 2. The summed E-state index contributed by atoms with van der Waals surface area (Å²) in [5.74, 6) is -3.34. The Labute approximate surface area is 125 Å². The minimum absolute atomic E-state index is 0.0682. The zero-order chi connectivity index (χ0) is 17.6. The maximum atomic E-state index is 11.6. The SMILES string of the molecule is O=C(O)C(F)(F)F.O=C(O)CCc1nc2ncccc2c(=O)[nH]1. The van der Waals surface area contributed by atoms with Crippen LogP contribution in [0.4, 0.5) is 13.2 Å². The van der Waals surface area contributed by atoms with Gasteiger partial charge in [0.2, 0.25) is 0 Å². The van der Waals surface area contributed by atoms with Gasteiger partial charge in [-0.15, -0.1) is 0 Å². The van der Waals surface area contributed by atoms with E-state index in [-0.39, 0.29) is 18.4 Å². The van der Waals surface area contributed by atoms with Crippen molar-refractivity contribution in [3.05, 3.63) is 34.5 Å². The molecule has 0 saturated heterocycles. The van der Waals surface area contributed by atoms with E-state index in [0.29, 0.717) is 16.9 Å². The van der Waals surface area contributed by atoms with Crippen LogP contribution in [-0.4, -0.2) is 43.3 Å². The number of alkyl halides is 3. The number of hydrogen-bond acceptors (Lipinski definition) is 5. The largest absolute Gasteiger partial charge is 0.490 e. The molecule has 0 atom stereocenters. The van der Waals surface area contributed by atoms with Gasteiger partial charge in [-0.25, -0.2) is 14.8 Å². The molecule has 0 bridgehead atoms. The van der Waals surface area contributed by atoms with Crippen molar-refractivity contribution in [1.82, 2.24) is 15.0 Å². The van der Waals surface area contributed by atoms with Gasteiger partial charge >= 0.3 is 18.1 Å². The molecule has 8 nitrogen and oxygen atoms in total. The first-order valence-corrected chi connectivity index (χ1v) is 5.97. The number of carbonyl (C=O) groups is 2. The van der Waals surface area contributed by atoms with Gasteiger partial charge in [0.1, 0.15) is 5.82 Å². The predicted octanol–water partition coefficient (Wildman–Crippen LogP) is 0.969. The van der Waals surface area contributed by atoms with Gasteiger partial charge in [-0.1, -0.05) is 0 Å². The van der Waals surface area contributed by atoms with Crippen LogP contribution in [0.5, 0.6) is 0 Å². The summed E-state index contributed by atoms with van der Waals surface area (Å²) in [5.41, 5.74) is 0.0464. The highest BCUT2D eigenvalue weighted by atomic mass is 19.4. The van der Waals surface area contributed by atoms with Crippen molar-refractivity contribution >= 4 is 23.0 Å². The fourth-order valence-corrected chi connectivity index (χ4v) is 1.36. The second kappa shape index (κ2) is 7.33. The first-order chi connectivity index (χ1) is 10.6. The third-order valence-electron chi connectivity index (χ3n) is 2.35. The molecule has 2 rings (SSSR count). The number of rotatable bonds is 3. The quantitative estimate of drug-likeness (QED) is 0.762. The van der Waals surface area contributed by atoms with Gasteiger partial charge in [0.05, 0.1) is 11.8 Å². The Balaban J connectivity index is 0.000000322. The molecule has 0 aliphatic carbocycles. The number of fused-ring (bicyclic) bond motifs is 1. The maximum absolute atomic E-state index is 11.6. The number of aliphatic carboxylic acids is 2. The minimum atomic E-state index is -5.08. The van der Waals surface area contributed by atoms with Crippen molar-refractivity contribution in [2.45, 2.75) is 19.0 Å². The van der Waals surface area contributed by atoms with Crippen LogP contribution < -0.4 is 5.56 Å². The molecule has 124 valence electrons. The summed E-state index contributed by atoms with van der Waals surface area (Å²) in [6.45, 7) is 0. The number of aryl methyl sites for hydroxylation is 1. The molecule has 0 aliphatic rings. The van der Waals surface area contributed by atoms with E-state index < -0.39 is 18.1 Å². The summed E-state index contributed by atoms with van der Waals surface area (Å²) in [7, 11) is 0. The molecule has 0 amide bonds. The molecule has 11 heteroatoms. The van der Waals surface area contributed by atoms with Crippen LogP contribution in [0.1, 0.15) is 12.2 Å². The number of H-pyrrole nitrogens is 1. The topological polar surface area (TPSA) is 133 Å². The highest BCUT2D eigenvalue weighted by Gasteiger charge is 2.38. The van der Waals surface area contributed by atoms with E-state index >= 15 is 0 Å². The number of pyridine rings is 1. The number of hydrogen-bond donors (Lipinski definition) is 3. The van der Waals surface area contributed by atoms with Crippen LogP contribution in [0.15, 0.2) is 23.1 Å². The normalized spacial score (nSPS) is 10.7. The predicted molar refractivity (Wildman–Crippen MR) is 69.8 cm³/mol. The van der Waals surface area contributed by atoms with Crippen molar-refractivity contribution in [3.8, 4) is 0 Å². The molecule has 0 spiro atoms. The van der Waals surface area contributed by atoms with E-state index in [0.717, 1.165) is 0 Å². The fourth-order valence-electron chi connectivity index (χ4n) is 1.36. The summed E-state index contributed by atoms with van der Waals surface area (Å²) in [6.07, 6.45) is -3.42. The average molecular weight is 333 g/mol. The Kier molecular flexibility index (Phi) is 5.76. The average Bonchev–Trinajstić information content (AvgIpc) is 2.45. The Hall–Kier alpha value is -2.98. The summed E-state index contributed by atoms with van der Waals surface area (Å²) < 4.78 is 31.7. The second-order valence-corrected chi connectivity index (χ2v) is 4.08. The van der Waals surface area contributed by atoms with E-state index in [2.05, 4.69) is 15.0 Å². The summed E-state index contributed by atoms with van der Waals surface area (Å²) in [6, 6.07) is 3.27. The summed E-state index contributed by atoms with van der Waals surface area (Å²) in [5, 5.41) is 16.1. The van der Waals surface area contributed by atoms with Crippen molar-refractivity contribution < 1.29 is 33.0 Å². The lowest BCUT2D eigenvalue weighted by Crippen LogP contribution is -2.21. The molecular formula is C12H10F3N3O5. The third kappa shape index (κ3) is 5.73. The standard InChI is InChI=1S/C10H9N3O3.C2HF3O2/c14-8(15)4-3-7-12-9-6(10(16)13-7)2-1-5-11-9;3-2(4,5)1(6)7/h1-2,5H,3-4H2,(H,14,15)(H,11,12,13,16);(H,6,7). The number of halogens is 3. The Morgan fingerprint density at radius 3 is 2.39 bits per heavy atom. The van der Waals surface area contributed by atoms with Gasteiger partial charge in [-0.3, -0.25) is 9.59 Å². The molecule has 23 heavy (non-hydrogen) atoms. The first-order valence-electron chi connectivity index (χ1n) is 5.97. The van der Waals surface area contributed by atoms with Crippen LogP contribution in [-0.2, 0) is 16.0 Å². The van der Waals surface area contributed by atoms with Gasteiger partial charge in [0, 0.05) is 12.6 Å². The lowest BCUT2D eigenvalue weighted by molar-refractivity contribution is -0.192. The highest BCUT2D eigenvalue weighted by molar-refractivity contribution is 5.73.